The molecule has 0 aliphatic carbocycles. The highest BCUT2D eigenvalue weighted by Crippen LogP contribution is 2.20. The van der Waals surface area contributed by atoms with E-state index >= 15 is 0 Å². The Kier molecular flexibility index (Phi) is 4.25. The Bertz CT molecular complexity index is 468. The van der Waals surface area contributed by atoms with Crippen LogP contribution in [0.5, 0.6) is 0 Å². The third-order valence-electron chi connectivity index (χ3n) is 3.89. The maximum atomic E-state index is 12.3. The molecule has 1 aliphatic rings. The van der Waals surface area contributed by atoms with E-state index in [9.17, 15) is 4.79 Å². The highest BCUT2D eigenvalue weighted by Gasteiger charge is 2.21. The van der Waals surface area contributed by atoms with Gasteiger partial charge in [-0.2, -0.15) is 0 Å². The second kappa shape index (κ2) is 5.74. The lowest BCUT2D eigenvalue weighted by atomic mass is 9.95. The number of amides is 1. The van der Waals surface area contributed by atoms with E-state index in [2.05, 4.69) is 38.0 Å². The van der Waals surface area contributed by atoms with Crippen molar-refractivity contribution in [3.05, 3.63) is 34.9 Å². The fourth-order valence-corrected chi connectivity index (χ4v) is 2.73. The van der Waals surface area contributed by atoms with Crippen molar-refractivity contribution in [2.45, 2.75) is 39.2 Å². The summed E-state index contributed by atoms with van der Waals surface area (Å²) < 4.78 is 0. The quantitative estimate of drug-likeness (QED) is 0.906. The molecule has 1 aliphatic heterocycles. The first-order valence-electron chi connectivity index (χ1n) is 7.07. The summed E-state index contributed by atoms with van der Waals surface area (Å²) in [5, 5.41) is 3.13. The predicted molar refractivity (Wildman–Crippen MR) is 78.6 cm³/mol. The molecule has 0 radical (unpaired) electrons. The molecule has 0 spiro atoms. The van der Waals surface area contributed by atoms with E-state index < -0.39 is 0 Å². The molecular formula is C16H24N2O. The van der Waals surface area contributed by atoms with Gasteiger partial charge in [-0.05, 0) is 56.1 Å². The Labute approximate surface area is 116 Å². The fourth-order valence-electron chi connectivity index (χ4n) is 2.73. The third-order valence-corrected chi connectivity index (χ3v) is 3.89. The van der Waals surface area contributed by atoms with Gasteiger partial charge in [0, 0.05) is 18.2 Å². The molecule has 1 N–H and O–H groups in total. The van der Waals surface area contributed by atoms with Gasteiger partial charge in [0.1, 0.15) is 0 Å². The van der Waals surface area contributed by atoms with Crippen LogP contribution >= 0.6 is 0 Å². The van der Waals surface area contributed by atoms with Crippen LogP contribution in [-0.2, 0) is 0 Å². The highest BCUT2D eigenvalue weighted by molar-refractivity contribution is 5.94. The van der Waals surface area contributed by atoms with Crippen molar-refractivity contribution in [3.8, 4) is 0 Å². The maximum absolute atomic E-state index is 12.3. The second-order valence-electron chi connectivity index (χ2n) is 5.95. The predicted octanol–water partition coefficient (Wildman–Crippen LogP) is 2.55. The van der Waals surface area contributed by atoms with Crippen LogP contribution in [0.4, 0.5) is 0 Å². The lowest BCUT2D eigenvalue weighted by molar-refractivity contribution is 0.0938. The lowest BCUT2D eigenvalue weighted by Crippen LogP contribution is -2.36. The summed E-state index contributed by atoms with van der Waals surface area (Å²) in [6.45, 7) is 8.44. The zero-order valence-corrected chi connectivity index (χ0v) is 12.4. The first-order valence-corrected chi connectivity index (χ1v) is 7.07. The van der Waals surface area contributed by atoms with Crippen molar-refractivity contribution in [1.82, 2.24) is 10.2 Å². The molecule has 0 saturated carbocycles. The SMILES string of the molecule is Cc1ccc(C(=O)N[C@H]2CCN(C)C2)cc1C(C)C. The van der Waals surface area contributed by atoms with E-state index in [1.165, 1.54) is 11.1 Å². The summed E-state index contributed by atoms with van der Waals surface area (Å²) in [5.74, 6) is 0.507. The van der Waals surface area contributed by atoms with E-state index in [1.807, 2.05) is 18.2 Å². The average molecular weight is 260 g/mol. The molecule has 1 amide bonds. The largest absolute Gasteiger partial charge is 0.348 e. The number of benzene rings is 1. The first-order chi connectivity index (χ1) is 8.97. The zero-order chi connectivity index (χ0) is 14.0. The van der Waals surface area contributed by atoms with E-state index in [0.717, 1.165) is 25.1 Å². The van der Waals surface area contributed by atoms with E-state index in [-0.39, 0.29) is 5.91 Å². The maximum Gasteiger partial charge on any atom is 0.251 e. The van der Waals surface area contributed by atoms with Crippen LogP contribution in [0.25, 0.3) is 0 Å². The summed E-state index contributed by atoms with van der Waals surface area (Å²) in [6, 6.07) is 6.30. The van der Waals surface area contributed by atoms with E-state index in [1.54, 1.807) is 0 Å². The van der Waals surface area contributed by atoms with Crippen LogP contribution in [0.3, 0.4) is 0 Å². The van der Waals surface area contributed by atoms with Gasteiger partial charge in [-0.25, -0.2) is 0 Å². The molecular weight excluding hydrogens is 236 g/mol. The van der Waals surface area contributed by atoms with Gasteiger partial charge in [-0.1, -0.05) is 19.9 Å². The first kappa shape index (κ1) is 14.1. The Morgan fingerprint density at radius 1 is 1.42 bits per heavy atom. The number of nitrogens with one attached hydrogen (secondary N) is 1. The molecule has 1 saturated heterocycles. The number of likely N-dealkylation sites (tertiary alicyclic amines) is 1. The number of likely N-dealkylation sites (N-methyl/N-ethyl adjacent to an activating group) is 1. The summed E-state index contributed by atoms with van der Waals surface area (Å²) in [4.78, 5) is 14.5. The van der Waals surface area contributed by atoms with Gasteiger partial charge >= 0.3 is 0 Å². The summed E-state index contributed by atoms with van der Waals surface area (Å²) in [6.07, 6.45) is 1.05. The minimum absolute atomic E-state index is 0.0576. The Morgan fingerprint density at radius 3 is 2.74 bits per heavy atom. The Morgan fingerprint density at radius 2 is 2.16 bits per heavy atom. The summed E-state index contributed by atoms with van der Waals surface area (Å²) in [5.41, 5.74) is 3.30. The van der Waals surface area contributed by atoms with Crippen LogP contribution < -0.4 is 5.32 Å². The number of rotatable bonds is 3. The number of hydrogen-bond acceptors (Lipinski definition) is 2. The third kappa shape index (κ3) is 3.35. The number of nitrogens with zero attached hydrogens (tertiary/aromatic N) is 1. The second-order valence-corrected chi connectivity index (χ2v) is 5.95. The zero-order valence-electron chi connectivity index (χ0n) is 12.4. The Hall–Kier alpha value is -1.35. The van der Waals surface area contributed by atoms with Crippen molar-refractivity contribution < 1.29 is 4.79 Å². The van der Waals surface area contributed by atoms with Gasteiger partial charge in [0.05, 0.1) is 0 Å². The summed E-state index contributed by atoms with van der Waals surface area (Å²) in [7, 11) is 2.09. The number of carbonyl (C=O) groups is 1. The van der Waals surface area contributed by atoms with Crippen LogP contribution in [0.1, 0.15) is 47.7 Å². The highest BCUT2D eigenvalue weighted by atomic mass is 16.1. The van der Waals surface area contributed by atoms with Gasteiger partial charge in [0.25, 0.3) is 5.91 Å². The summed E-state index contributed by atoms with van der Waals surface area (Å²) >= 11 is 0. The number of hydrogen-bond donors (Lipinski definition) is 1. The van der Waals surface area contributed by atoms with Crippen molar-refractivity contribution in [1.29, 1.82) is 0 Å². The van der Waals surface area contributed by atoms with Gasteiger partial charge < -0.3 is 10.2 Å². The van der Waals surface area contributed by atoms with Crippen LogP contribution in [0, 0.1) is 6.92 Å². The molecule has 1 aromatic rings. The van der Waals surface area contributed by atoms with E-state index in [0.29, 0.717) is 12.0 Å². The minimum Gasteiger partial charge on any atom is -0.348 e. The van der Waals surface area contributed by atoms with Gasteiger partial charge in [0.15, 0.2) is 0 Å². The molecule has 2 rings (SSSR count). The van der Waals surface area contributed by atoms with Gasteiger partial charge in [-0.15, -0.1) is 0 Å². The van der Waals surface area contributed by atoms with Crippen molar-refractivity contribution in [2.24, 2.45) is 0 Å². The molecule has 3 heteroatoms. The van der Waals surface area contributed by atoms with Crippen molar-refractivity contribution in [3.63, 3.8) is 0 Å². The molecule has 1 aromatic carbocycles. The fraction of sp³-hybridized carbons (Fsp3) is 0.562. The van der Waals surface area contributed by atoms with E-state index in [4.69, 9.17) is 0 Å². The van der Waals surface area contributed by atoms with Crippen LogP contribution in [0.2, 0.25) is 0 Å². The van der Waals surface area contributed by atoms with Crippen LogP contribution in [0.15, 0.2) is 18.2 Å². The molecule has 1 heterocycles. The minimum atomic E-state index is 0.0576. The molecule has 104 valence electrons. The normalized spacial score (nSPS) is 19.9. The molecule has 1 atom stereocenters. The Balaban J connectivity index is 2.09. The topological polar surface area (TPSA) is 32.3 Å². The monoisotopic (exact) mass is 260 g/mol. The molecule has 1 fully saturated rings. The van der Waals surface area contributed by atoms with Gasteiger partial charge in [0.2, 0.25) is 0 Å². The molecule has 3 nitrogen and oxygen atoms in total. The number of carbonyl (C=O) groups excluding carboxylic acids is 1. The van der Waals surface area contributed by atoms with Gasteiger partial charge in [-0.3, -0.25) is 4.79 Å². The standard InChI is InChI=1S/C16H24N2O/c1-11(2)15-9-13(6-5-12(15)3)16(19)17-14-7-8-18(4)10-14/h5-6,9,11,14H,7-8,10H2,1-4H3,(H,17,19)/t14-/m0/s1. The molecule has 0 unspecified atom stereocenters. The lowest BCUT2D eigenvalue weighted by Gasteiger charge is -2.15. The average Bonchev–Trinajstić information content (AvgIpc) is 2.74. The van der Waals surface area contributed by atoms with Crippen molar-refractivity contribution >= 4 is 5.91 Å². The smallest absolute Gasteiger partial charge is 0.251 e. The van der Waals surface area contributed by atoms with Crippen molar-refractivity contribution in [2.75, 3.05) is 20.1 Å². The molecule has 0 bridgehead atoms. The molecule has 19 heavy (non-hydrogen) atoms. The van der Waals surface area contributed by atoms with Crippen LogP contribution in [-0.4, -0.2) is 37.0 Å². The molecule has 0 aromatic heterocycles. The number of aryl methyl sites for hydroxylation is 1.